The van der Waals surface area contributed by atoms with Gasteiger partial charge in [-0.05, 0) is 12.1 Å². The lowest BCUT2D eigenvalue weighted by molar-refractivity contribution is -0.0499. The maximum atomic E-state index is 12.1. The first kappa shape index (κ1) is 10.3. The predicted octanol–water partition coefficient (Wildman–Crippen LogP) is 1.45. The van der Waals surface area contributed by atoms with Crippen molar-refractivity contribution in [3.63, 3.8) is 0 Å². The minimum atomic E-state index is -2.89. The van der Waals surface area contributed by atoms with Gasteiger partial charge in [-0.3, -0.25) is 0 Å². The maximum absolute atomic E-state index is 12.1. The summed E-state index contributed by atoms with van der Waals surface area (Å²) in [6.07, 6.45) is 1.32. The average Bonchev–Trinajstić information content (AvgIpc) is 2.65. The molecule has 2 aromatic rings. The molecule has 7 heteroatoms. The van der Waals surface area contributed by atoms with Crippen LogP contribution in [-0.4, -0.2) is 21.6 Å². The SMILES string of the molecule is Nc1cnn(-c2ccccc2OC(F)F)n1. The van der Waals surface area contributed by atoms with Gasteiger partial charge in [0.2, 0.25) is 0 Å². The Balaban J connectivity index is 2.40. The molecule has 0 saturated heterocycles. The standard InChI is InChI=1S/C9H8F2N4O/c10-9(11)16-7-4-2-1-3-6(7)15-13-5-8(12)14-15/h1-5,9H,(H2,12,14). The molecule has 0 saturated carbocycles. The van der Waals surface area contributed by atoms with Crippen molar-refractivity contribution in [3.05, 3.63) is 30.5 Å². The Morgan fingerprint density at radius 2 is 2.06 bits per heavy atom. The number of alkyl halides is 2. The summed E-state index contributed by atoms with van der Waals surface area (Å²) in [6, 6.07) is 6.19. The van der Waals surface area contributed by atoms with Gasteiger partial charge in [-0.2, -0.15) is 13.9 Å². The first-order chi connectivity index (χ1) is 7.66. The lowest BCUT2D eigenvalue weighted by Gasteiger charge is -2.08. The van der Waals surface area contributed by atoms with Crippen LogP contribution in [0.25, 0.3) is 5.69 Å². The van der Waals surface area contributed by atoms with Gasteiger partial charge in [-0.15, -0.1) is 9.90 Å². The third-order valence-corrected chi connectivity index (χ3v) is 1.81. The summed E-state index contributed by atoms with van der Waals surface area (Å²) in [5.74, 6) is 0.194. The third-order valence-electron chi connectivity index (χ3n) is 1.81. The fourth-order valence-electron chi connectivity index (χ4n) is 1.21. The van der Waals surface area contributed by atoms with Crippen molar-refractivity contribution in [1.82, 2.24) is 15.0 Å². The van der Waals surface area contributed by atoms with Crippen molar-refractivity contribution in [2.45, 2.75) is 6.61 Å². The largest absolute Gasteiger partial charge is 0.432 e. The van der Waals surface area contributed by atoms with Crippen LogP contribution >= 0.6 is 0 Å². The fraction of sp³-hybridized carbons (Fsp3) is 0.111. The lowest BCUT2D eigenvalue weighted by Crippen LogP contribution is -2.07. The number of nitrogens with two attached hydrogens (primary N) is 1. The van der Waals surface area contributed by atoms with Crippen molar-refractivity contribution in [1.29, 1.82) is 0 Å². The van der Waals surface area contributed by atoms with Crippen LogP contribution in [0.5, 0.6) is 5.75 Å². The summed E-state index contributed by atoms with van der Waals surface area (Å²) < 4.78 is 28.6. The van der Waals surface area contributed by atoms with Crippen LogP contribution in [0.2, 0.25) is 0 Å². The van der Waals surface area contributed by atoms with E-state index in [0.717, 1.165) is 4.80 Å². The van der Waals surface area contributed by atoms with E-state index in [4.69, 9.17) is 5.73 Å². The van der Waals surface area contributed by atoms with Gasteiger partial charge in [0.05, 0.1) is 6.20 Å². The smallest absolute Gasteiger partial charge is 0.387 e. The molecule has 1 aromatic carbocycles. The summed E-state index contributed by atoms with van der Waals surface area (Å²) in [6.45, 7) is -2.89. The fourth-order valence-corrected chi connectivity index (χ4v) is 1.21. The van der Waals surface area contributed by atoms with Crippen LogP contribution in [0.3, 0.4) is 0 Å². The van der Waals surface area contributed by atoms with Crippen molar-refractivity contribution in [2.75, 3.05) is 5.73 Å². The van der Waals surface area contributed by atoms with Crippen LogP contribution in [0.4, 0.5) is 14.6 Å². The van der Waals surface area contributed by atoms with Crippen molar-refractivity contribution in [2.24, 2.45) is 0 Å². The number of nitrogen functional groups attached to an aromatic ring is 1. The summed E-state index contributed by atoms with van der Waals surface area (Å²) in [7, 11) is 0. The molecular weight excluding hydrogens is 218 g/mol. The second kappa shape index (κ2) is 4.13. The van der Waals surface area contributed by atoms with Gasteiger partial charge in [0.25, 0.3) is 0 Å². The molecule has 0 atom stereocenters. The molecule has 0 spiro atoms. The highest BCUT2D eigenvalue weighted by Crippen LogP contribution is 2.22. The molecule has 1 aromatic heterocycles. The van der Waals surface area contributed by atoms with Gasteiger partial charge in [-0.25, -0.2) is 0 Å². The molecule has 84 valence electrons. The van der Waals surface area contributed by atoms with Gasteiger partial charge in [0.1, 0.15) is 5.69 Å². The molecule has 2 N–H and O–H groups in total. The van der Waals surface area contributed by atoms with E-state index in [1.54, 1.807) is 18.2 Å². The van der Waals surface area contributed by atoms with Crippen molar-refractivity contribution in [3.8, 4) is 11.4 Å². The summed E-state index contributed by atoms with van der Waals surface area (Å²) >= 11 is 0. The Kier molecular flexibility index (Phi) is 2.67. The van der Waals surface area contributed by atoms with Gasteiger partial charge < -0.3 is 10.5 Å². The van der Waals surface area contributed by atoms with Gasteiger partial charge in [0, 0.05) is 0 Å². The number of para-hydroxylation sites is 2. The third kappa shape index (κ3) is 2.08. The zero-order chi connectivity index (χ0) is 11.5. The number of aromatic nitrogens is 3. The minimum absolute atomic E-state index is 0.00639. The number of ether oxygens (including phenoxy) is 1. The van der Waals surface area contributed by atoms with E-state index in [0.29, 0.717) is 5.69 Å². The zero-order valence-corrected chi connectivity index (χ0v) is 8.05. The minimum Gasteiger partial charge on any atom is -0.432 e. The summed E-state index contributed by atoms with van der Waals surface area (Å²) in [5.41, 5.74) is 5.69. The van der Waals surface area contributed by atoms with E-state index in [1.807, 2.05) is 0 Å². The molecule has 0 aliphatic carbocycles. The molecule has 2 rings (SSSR count). The van der Waals surface area contributed by atoms with Crippen LogP contribution in [0, 0.1) is 0 Å². The normalized spacial score (nSPS) is 10.7. The lowest BCUT2D eigenvalue weighted by atomic mass is 10.3. The Morgan fingerprint density at radius 3 is 2.69 bits per heavy atom. The zero-order valence-electron chi connectivity index (χ0n) is 8.05. The summed E-state index contributed by atoms with van der Waals surface area (Å²) in [5, 5.41) is 7.62. The van der Waals surface area contributed by atoms with Crippen LogP contribution < -0.4 is 10.5 Å². The molecule has 1 heterocycles. The molecule has 0 radical (unpaired) electrons. The molecule has 0 aliphatic rings. The molecule has 5 nitrogen and oxygen atoms in total. The molecular formula is C9H8F2N4O. The average molecular weight is 226 g/mol. The van der Waals surface area contributed by atoms with E-state index in [2.05, 4.69) is 14.9 Å². The highest BCUT2D eigenvalue weighted by molar-refractivity contribution is 5.45. The van der Waals surface area contributed by atoms with Gasteiger partial charge >= 0.3 is 6.61 Å². The second-order valence-corrected chi connectivity index (χ2v) is 2.91. The molecule has 0 bridgehead atoms. The van der Waals surface area contributed by atoms with E-state index in [1.165, 1.54) is 12.3 Å². The Labute approximate surface area is 89.4 Å². The van der Waals surface area contributed by atoms with E-state index in [9.17, 15) is 8.78 Å². The number of benzene rings is 1. The van der Waals surface area contributed by atoms with Crippen molar-refractivity contribution >= 4 is 5.82 Å². The Hall–Kier alpha value is -2.18. The highest BCUT2D eigenvalue weighted by atomic mass is 19.3. The number of hydrogen-bond donors (Lipinski definition) is 1. The van der Waals surface area contributed by atoms with Gasteiger partial charge in [-0.1, -0.05) is 12.1 Å². The monoisotopic (exact) mass is 226 g/mol. The Morgan fingerprint density at radius 1 is 1.31 bits per heavy atom. The Bertz CT molecular complexity index is 486. The van der Waals surface area contributed by atoms with Crippen LogP contribution in [0.1, 0.15) is 0 Å². The quantitative estimate of drug-likeness (QED) is 0.860. The van der Waals surface area contributed by atoms with E-state index in [-0.39, 0.29) is 11.6 Å². The topological polar surface area (TPSA) is 66.0 Å². The number of nitrogens with zero attached hydrogens (tertiary/aromatic N) is 3. The number of anilines is 1. The molecule has 0 fully saturated rings. The first-order valence-electron chi connectivity index (χ1n) is 4.39. The highest BCUT2D eigenvalue weighted by Gasteiger charge is 2.11. The van der Waals surface area contributed by atoms with Gasteiger partial charge in [0.15, 0.2) is 11.6 Å². The predicted molar refractivity (Wildman–Crippen MR) is 52.4 cm³/mol. The summed E-state index contributed by atoms with van der Waals surface area (Å²) in [4.78, 5) is 1.13. The first-order valence-corrected chi connectivity index (χ1v) is 4.39. The van der Waals surface area contributed by atoms with E-state index < -0.39 is 6.61 Å². The van der Waals surface area contributed by atoms with Crippen LogP contribution in [0.15, 0.2) is 30.5 Å². The molecule has 0 amide bonds. The molecule has 0 unspecified atom stereocenters. The molecule has 16 heavy (non-hydrogen) atoms. The number of halogens is 2. The van der Waals surface area contributed by atoms with Crippen LogP contribution in [-0.2, 0) is 0 Å². The van der Waals surface area contributed by atoms with E-state index >= 15 is 0 Å². The number of hydrogen-bond acceptors (Lipinski definition) is 4. The number of rotatable bonds is 3. The van der Waals surface area contributed by atoms with Crippen molar-refractivity contribution < 1.29 is 13.5 Å². The molecule has 0 aliphatic heterocycles. The second-order valence-electron chi connectivity index (χ2n) is 2.91. The maximum Gasteiger partial charge on any atom is 0.387 e.